The second-order valence-corrected chi connectivity index (χ2v) is 6.42. The third-order valence-electron chi connectivity index (χ3n) is 3.23. The van der Waals surface area contributed by atoms with Crippen LogP contribution in [0.5, 0.6) is 0 Å². The quantitative estimate of drug-likeness (QED) is 0.586. The second kappa shape index (κ2) is 4.80. The first-order chi connectivity index (χ1) is 8.77. The molecule has 0 fully saturated rings. The van der Waals surface area contributed by atoms with Crippen LogP contribution in [0.3, 0.4) is 0 Å². The van der Waals surface area contributed by atoms with Crippen LogP contribution >= 0.6 is 0 Å². The summed E-state index contributed by atoms with van der Waals surface area (Å²) >= 11 is 0. The lowest BCUT2D eigenvalue weighted by Gasteiger charge is -2.18. The molecule has 0 saturated carbocycles. The molecule has 0 aromatic carbocycles. The van der Waals surface area contributed by atoms with E-state index in [9.17, 15) is 4.39 Å². The first-order valence-corrected chi connectivity index (χ1v) is 6.66. The zero-order valence-corrected chi connectivity index (χ0v) is 12.1. The van der Waals surface area contributed by atoms with E-state index in [1.807, 2.05) is 26.0 Å². The molecular formula is C18H21F. The molecule has 2 aliphatic carbocycles. The van der Waals surface area contributed by atoms with Crippen molar-refractivity contribution in [3.63, 3.8) is 0 Å². The molecule has 0 N–H and O–H groups in total. The lowest BCUT2D eigenvalue weighted by molar-refractivity contribution is 0.580. The summed E-state index contributed by atoms with van der Waals surface area (Å²) in [5.74, 6) is -0.174. The van der Waals surface area contributed by atoms with Crippen molar-refractivity contribution in [1.82, 2.24) is 0 Å². The van der Waals surface area contributed by atoms with Gasteiger partial charge >= 0.3 is 0 Å². The van der Waals surface area contributed by atoms with E-state index >= 15 is 0 Å². The molecule has 0 aromatic rings. The Morgan fingerprint density at radius 3 is 2.11 bits per heavy atom. The molecule has 0 radical (unpaired) electrons. The van der Waals surface area contributed by atoms with Crippen molar-refractivity contribution in [3.8, 4) is 0 Å². The van der Waals surface area contributed by atoms with Gasteiger partial charge in [-0.25, -0.2) is 4.39 Å². The average Bonchev–Trinajstić information content (AvgIpc) is 2.51. The van der Waals surface area contributed by atoms with Crippen LogP contribution < -0.4 is 0 Å². The van der Waals surface area contributed by atoms with E-state index < -0.39 is 0 Å². The Bertz CT molecular complexity index is 546. The predicted molar refractivity (Wildman–Crippen MR) is 80.3 cm³/mol. The first kappa shape index (κ1) is 13.8. The minimum atomic E-state index is -0.276. The van der Waals surface area contributed by atoms with Crippen molar-refractivity contribution in [1.29, 1.82) is 0 Å². The van der Waals surface area contributed by atoms with Gasteiger partial charge in [-0.3, -0.25) is 0 Å². The molecule has 19 heavy (non-hydrogen) atoms. The summed E-state index contributed by atoms with van der Waals surface area (Å²) < 4.78 is 13.6. The second-order valence-electron chi connectivity index (χ2n) is 6.42. The van der Waals surface area contributed by atoms with Gasteiger partial charge in [-0.15, -0.1) is 0 Å². The summed E-state index contributed by atoms with van der Waals surface area (Å²) in [7, 11) is 0. The van der Waals surface area contributed by atoms with Crippen molar-refractivity contribution >= 4 is 0 Å². The van der Waals surface area contributed by atoms with Crippen LogP contribution in [0.15, 0.2) is 71.7 Å². The molecule has 1 heteroatoms. The minimum Gasteiger partial charge on any atom is -0.207 e. The van der Waals surface area contributed by atoms with Gasteiger partial charge in [0.05, 0.1) is 0 Å². The van der Waals surface area contributed by atoms with E-state index in [-0.39, 0.29) is 16.7 Å². The number of rotatable bonds is 1. The van der Waals surface area contributed by atoms with Gasteiger partial charge in [-0.1, -0.05) is 70.2 Å². The van der Waals surface area contributed by atoms with Gasteiger partial charge in [0.2, 0.25) is 0 Å². The van der Waals surface area contributed by atoms with E-state index in [1.165, 1.54) is 0 Å². The molecule has 0 bridgehead atoms. The molecule has 0 amide bonds. The Morgan fingerprint density at radius 1 is 0.737 bits per heavy atom. The van der Waals surface area contributed by atoms with Crippen molar-refractivity contribution in [2.75, 3.05) is 0 Å². The highest BCUT2D eigenvalue weighted by Gasteiger charge is 2.19. The van der Waals surface area contributed by atoms with Crippen LogP contribution in [0.1, 0.15) is 27.7 Å². The molecule has 0 spiro atoms. The molecule has 2 aliphatic rings. The van der Waals surface area contributed by atoms with E-state index in [0.29, 0.717) is 0 Å². The third kappa shape index (κ3) is 3.66. The van der Waals surface area contributed by atoms with Crippen molar-refractivity contribution in [2.45, 2.75) is 27.7 Å². The zero-order chi connectivity index (χ0) is 14.1. The van der Waals surface area contributed by atoms with Crippen LogP contribution in [-0.2, 0) is 0 Å². The summed E-state index contributed by atoms with van der Waals surface area (Å²) in [5, 5.41) is 0. The summed E-state index contributed by atoms with van der Waals surface area (Å²) in [4.78, 5) is 0. The molecule has 2 rings (SSSR count). The molecule has 0 nitrogen and oxygen atoms in total. The van der Waals surface area contributed by atoms with E-state index in [4.69, 9.17) is 0 Å². The number of hydrogen-bond acceptors (Lipinski definition) is 0. The number of hydrogen-bond donors (Lipinski definition) is 0. The van der Waals surface area contributed by atoms with Gasteiger partial charge in [-0.2, -0.15) is 0 Å². The van der Waals surface area contributed by atoms with E-state index in [1.54, 1.807) is 12.2 Å². The lowest BCUT2D eigenvalue weighted by atomic mass is 9.86. The Labute approximate surface area is 115 Å². The van der Waals surface area contributed by atoms with Crippen LogP contribution in [0, 0.1) is 10.8 Å². The zero-order valence-electron chi connectivity index (χ0n) is 12.1. The Hall–Kier alpha value is -1.63. The maximum absolute atomic E-state index is 13.6. The van der Waals surface area contributed by atoms with E-state index in [0.717, 1.165) is 11.1 Å². The number of halogens is 1. The maximum atomic E-state index is 13.6. The molecule has 0 saturated heterocycles. The van der Waals surface area contributed by atoms with Crippen molar-refractivity contribution in [2.24, 2.45) is 10.8 Å². The maximum Gasteiger partial charge on any atom is 0.120 e. The van der Waals surface area contributed by atoms with Gasteiger partial charge in [0.15, 0.2) is 0 Å². The van der Waals surface area contributed by atoms with Gasteiger partial charge in [0.25, 0.3) is 0 Å². The fraction of sp³-hybridized carbons (Fsp3) is 0.333. The van der Waals surface area contributed by atoms with Crippen molar-refractivity contribution < 1.29 is 4.39 Å². The molecule has 0 atom stereocenters. The highest BCUT2D eigenvalue weighted by Crippen LogP contribution is 2.33. The lowest BCUT2D eigenvalue weighted by Crippen LogP contribution is -2.06. The Balaban J connectivity index is 2.45. The van der Waals surface area contributed by atoms with E-state index in [2.05, 4.69) is 44.2 Å². The minimum absolute atomic E-state index is 0.00985. The Morgan fingerprint density at radius 2 is 1.37 bits per heavy atom. The van der Waals surface area contributed by atoms with Gasteiger partial charge in [0.1, 0.15) is 5.83 Å². The molecular weight excluding hydrogens is 235 g/mol. The van der Waals surface area contributed by atoms with Crippen LogP contribution in [0.2, 0.25) is 0 Å². The van der Waals surface area contributed by atoms with Crippen LogP contribution in [0.4, 0.5) is 4.39 Å². The van der Waals surface area contributed by atoms with Gasteiger partial charge < -0.3 is 0 Å². The average molecular weight is 256 g/mol. The fourth-order valence-corrected chi connectivity index (χ4v) is 2.38. The predicted octanol–water partition coefficient (Wildman–Crippen LogP) is 5.44. The fourth-order valence-electron chi connectivity index (χ4n) is 2.38. The molecule has 0 aromatic heterocycles. The van der Waals surface area contributed by atoms with Gasteiger partial charge in [0, 0.05) is 10.8 Å². The molecule has 0 aliphatic heterocycles. The van der Waals surface area contributed by atoms with Gasteiger partial charge in [-0.05, 0) is 23.3 Å². The smallest absolute Gasteiger partial charge is 0.120 e. The largest absolute Gasteiger partial charge is 0.207 e. The Kier molecular flexibility index (Phi) is 3.49. The van der Waals surface area contributed by atoms with Crippen LogP contribution in [0.25, 0.3) is 0 Å². The standard InChI is InChI=1S/C18H21F/c1-17(2)10-6-5-7-14(11-17)15-8-9-16(19)13-18(3,4)12-15/h5-13H,1-4H3. The molecule has 0 heterocycles. The summed E-state index contributed by atoms with van der Waals surface area (Å²) in [6.45, 7) is 8.37. The first-order valence-electron chi connectivity index (χ1n) is 6.66. The summed E-state index contributed by atoms with van der Waals surface area (Å²) in [5.41, 5.74) is 1.95. The summed E-state index contributed by atoms with van der Waals surface area (Å²) in [6.07, 6.45) is 17.8. The topological polar surface area (TPSA) is 0 Å². The SMILES string of the molecule is CC1(C)C=CC=CC(C2=CC(C)(C)C=C(F)C=C2)=C1. The monoisotopic (exact) mass is 256 g/mol. The highest BCUT2D eigenvalue weighted by atomic mass is 19.1. The van der Waals surface area contributed by atoms with Crippen LogP contribution in [-0.4, -0.2) is 0 Å². The third-order valence-corrected chi connectivity index (χ3v) is 3.23. The highest BCUT2D eigenvalue weighted by molar-refractivity contribution is 5.52. The summed E-state index contributed by atoms with van der Waals surface area (Å²) in [6, 6.07) is 0. The van der Waals surface area contributed by atoms with Crippen molar-refractivity contribution in [3.05, 3.63) is 71.7 Å². The molecule has 100 valence electrons. The normalized spacial score (nSPS) is 24.2. The number of allylic oxidation sites excluding steroid dienone is 12. The molecule has 0 unspecified atom stereocenters.